The van der Waals surface area contributed by atoms with Crippen LogP contribution in [0.4, 0.5) is 0 Å². The molecular formula is C18H12BrNO. The van der Waals surface area contributed by atoms with Gasteiger partial charge >= 0.3 is 0 Å². The monoisotopic (exact) mass is 337 g/mol. The van der Waals surface area contributed by atoms with Crippen molar-refractivity contribution in [1.29, 1.82) is 0 Å². The van der Waals surface area contributed by atoms with E-state index in [1.54, 1.807) is 0 Å². The summed E-state index contributed by atoms with van der Waals surface area (Å²) >= 11 is 3.53. The smallest absolute Gasteiger partial charge is 0.151 e. The number of benzene rings is 3. The Labute approximate surface area is 130 Å². The fraction of sp³-hybridized carbons (Fsp3) is 0. The van der Waals surface area contributed by atoms with Crippen LogP contribution in [0.3, 0.4) is 0 Å². The Morgan fingerprint density at radius 3 is 2.52 bits per heavy atom. The van der Waals surface area contributed by atoms with Crippen LogP contribution < -0.4 is 4.74 Å². The Balaban J connectivity index is 1.92. The number of para-hydroxylation sites is 2. The molecular weight excluding hydrogens is 326 g/mol. The molecule has 1 aromatic heterocycles. The van der Waals surface area contributed by atoms with Crippen LogP contribution in [0, 0.1) is 0 Å². The topological polar surface area (TPSA) is 25.0 Å². The van der Waals surface area contributed by atoms with Crippen LogP contribution in [-0.4, -0.2) is 4.98 Å². The molecule has 0 saturated heterocycles. The van der Waals surface area contributed by atoms with Gasteiger partial charge in [0.2, 0.25) is 0 Å². The van der Waals surface area contributed by atoms with Gasteiger partial charge < -0.3 is 9.72 Å². The van der Waals surface area contributed by atoms with Crippen LogP contribution in [0.2, 0.25) is 0 Å². The molecule has 0 aliphatic heterocycles. The molecule has 0 radical (unpaired) electrons. The lowest BCUT2D eigenvalue weighted by Gasteiger charge is -2.06. The lowest BCUT2D eigenvalue weighted by Crippen LogP contribution is -1.84. The number of aromatic nitrogens is 1. The number of ether oxygens (including phenoxy) is 1. The molecule has 21 heavy (non-hydrogen) atoms. The molecule has 0 unspecified atom stereocenters. The minimum Gasteiger partial charge on any atom is -0.455 e. The highest BCUT2D eigenvalue weighted by Gasteiger charge is 2.09. The van der Waals surface area contributed by atoms with Crippen molar-refractivity contribution in [3.05, 3.63) is 71.2 Å². The number of halogens is 1. The summed E-state index contributed by atoms with van der Waals surface area (Å²) in [4.78, 5) is 3.45. The van der Waals surface area contributed by atoms with Gasteiger partial charge in [0.25, 0.3) is 0 Å². The molecule has 4 aromatic rings. The van der Waals surface area contributed by atoms with Crippen molar-refractivity contribution < 1.29 is 4.74 Å². The average Bonchev–Trinajstić information content (AvgIpc) is 2.88. The van der Waals surface area contributed by atoms with Crippen LogP contribution in [0.1, 0.15) is 0 Å². The highest BCUT2D eigenvalue weighted by molar-refractivity contribution is 9.10. The zero-order chi connectivity index (χ0) is 14.2. The largest absolute Gasteiger partial charge is 0.455 e. The van der Waals surface area contributed by atoms with Gasteiger partial charge in [-0.25, -0.2) is 0 Å². The van der Waals surface area contributed by atoms with Crippen LogP contribution >= 0.6 is 15.9 Å². The van der Waals surface area contributed by atoms with Crippen molar-refractivity contribution in [2.24, 2.45) is 0 Å². The Hall–Kier alpha value is -2.26. The number of hydrogen-bond acceptors (Lipinski definition) is 1. The first-order chi connectivity index (χ1) is 10.3. The van der Waals surface area contributed by atoms with Crippen LogP contribution in [0.25, 0.3) is 21.8 Å². The second-order valence-corrected chi connectivity index (χ2v) is 5.82. The normalized spacial score (nSPS) is 11.1. The highest BCUT2D eigenvalue weighted by Crippen LogP contribution is 2.34. The van der Waals surface area contributed by atoms with Crippen molar-refractivity contribution in [2.45, 2.75) is 0 Å². The van der Waals surface area contributed by atoms with Crippen molar-refractivity contribution in [3.63, 3.8) is 0 Å². The number of nitrogens with one attached hydrogen (secondary N) is 1. The molecule has 3 heteroatoms. The van der Waals surface area contributed by atoms with E-state index in [1.807, 2.05) is 48.5 Å². The van der Waals surface area contributed by atoms with Crippen molar-refractivity contribution in [3.8, 4) is 11.5 Å². The predicted molar refractivity (Wildman–Crippen MR) is 90.0 cm³/mol. The lowest BCUT2D eigenvalue weighted by molar-refractivity contribution is 0.487. The van der Waals surface area contributed by atoms with Crippen LogP contribution in [-0.2, 0) is 0 Å². The molecule has 3 aromatic carbocycles. The third-order valence-corrected chi connectivity index (χ3v) is 4.02. The summed E-state index contributed by atoms with van der Waals surface area (Å²) in [6.07, 6.45) is 0. The zero-order valence-electron chi connectivity index (χ0n) is 11.1. The third kappa shape index (κ3) is 2.20. The summed E-state index contributed by atoms with van der Waals surface area (Å²) < 4.78 is 7.08. The van der Waals surface area contributed by atoms with Crippen molar-refractivity contribution in [1.82, 2.24) is 4.98 Å². The molecule has 0 aliphatic rings. The van der Waals surface area contributed by atoms with E-state index >= 15 is 0 Å². The minimum absolute atomic E-state index is 0.838. The number of H-pyrrole nitrogens is 1. The maximum atomic E-state index is 6.01. The number of aromatic amines is 1. The third-order valence-electron chi connectivity index (χ3n) is 3.53. The molecule has 0 atom stereocenters. The SMILES string of the molecule is Brc1ccc2[nH]c3c(Oc4ccccc4)cccc3c2c1. The Morgan fingerprint density at radius 2 is 1.67 bits per heavy atom. The van der Waals surface area contributed by atoms with Gasteiger partial charge in [0, 0.05) is 20.8 Å². The fourth-order valence-electron chi connectivity index (χ4n) is 2.57. The van der Waals surface area contributed by atoms with E-state index in [2.05, 4.69) is 39.1 Å². The Morgan fingerprint density at radius 1 is 0.810 bits per heavy atom. The van der Waals surface area contributed by atoms with Gasteiger partial charge in [-0.15, -0.1) is 0 Å². The molecule has 0 saturated carbocycles. The molecule has 0 bridgehead atoms. The molecule has 0 fully saturated rings. The molecule has 4 rings (SSSR count). The fourth-order valence-corrected chi connectivity index (χ4v) is 2.93. The minimum atomic E-state index is 0.838. The molecule has 1 heterocycles. The second-order valence-electron chi connectivity index (χ2n) is 4.91. The first kappa shape index (κ1) is 12.5. The summed E-state index contributed by atoms with van der Waals surface area (Å²) in [5.41, 5.74) is 2.13. The molecule has 0 spiro atoms. The average molecular weight is 338 g/mol. The van der Waals surface area contributed by atoms with E-state index in [-0.39, 0.29) is 0 Å². The van der Waals surface area contributed by atoms with Gasteiger partial charge in [0.05, 0.1) is 5.52 Å². The maximum Gasteiger partial charge on any atom is 0.151 e. The molecule has 2 nitrogen and oxygen atoms in total. The van der Waals surface area contributed by atoms with Gasteiger partial charge in [0.15, 0.2) is 5.75 Å². The quantitative estimate of drug-likeness (QED) is 0.485. The van der Waals surface area contributed by atoms with Crippen LogP contribution in [0.15, 0.2) is 71.2 Å². The lowest BCUT2D eigenvalue weighted by atomic mass is 10.1. The summed E-state index contributed by atoms with van der Waals surface area (Å²) in [6, 6.07) is 22.2. The number of fused-ring (bicyclic) bond motifs is 3. The zero-order valence-corrected chi connectivity index (χ0v) is 12.7. The van der Waals surface area contributed by atoms with E-state index < -0.39 is 0 Å². The summed E-state index contributed by atoms with van der Waals surface area (Å²) in [7, 11) is 0. The first-order valence-corrected chi connectivity index (χ1v) is 7.53. The highest BCUT2D eigenvalue weighted by atomic mass is 79.9. The maximum absolute atomic E-state index is 6.01. The van der Waals surface area contributed by atoms with E-state index in [1.165, 1.54) is 10.8 Å². The Bertz CT molecular complexity index is 928. The van der Waals surface area contributed by atoms with Crippen molar-refractivity contribution >= 4 is 37.7 Å². The van der Waals surface area contributed by atoms with Gasteiger partial charge in [-0.3, -0.25) is 0 Å². The van der Waals surface area contributed by atoms with Crippen molar-refractivity contribution in [2.75, 3.05) is 0 Å². The van der Waals surface area contributed by atoms with E-state index in [9.17, 15) is 0 Å². The molecule has 0 aliphatic carbocycles. The number of rotatable bonds is 2. The van der Waals surface area contributed by atoms with Gasteiger partial charge in [-0.05, 0) is 36.4 Å². The summed E-state index contributed by atoms with van der Waals surface area (Å²) in [6.45, 7) is 0. The summed E-state index contributed by atoms with van der Waals surface area (Å²) in [5, 5.41) is 2.36. The number of hydrogen-bond donors (Lipinski definition) is 1. The van der Waals surface area contributed by atoms with Gasteiger partial charge in [-0.1, -0.05) is 46.3 Å². The summed E-state index contributed by atoms with van der Waals surface area (Å²) in [5.74, 6) is 1.68. The molecule has 102 valence electrons. The van der Waals surface area contributed by atoms with E-state index in [4.69, 9.17) is 4.74 Å². The van der Waals surface area contributed by atoms with E-state index in [0.29, 0.717) is 0 Å². The Kier molecular flexibility index (Phi) is 2.93. The van der Waals surface area contributed by atoms with E-state index in [0.717, 1.165) is 27.0 Å². The molecule has 1 N–H and O–H groups in total. The van der Waals surface area contributed by atoms with Gasteiger partial charge in [-0.2, -0.15) is 0 Å². The first-order valence-electron chi connectivity index (χ1n) is 6.74. The van der Waals surface area contributed by atoms with Crippen LogP contribution in [0.5, 0.6) is 11.5 Å². The predicted octanol–water partition coefficient (Wildman–Crippen LogP) is 5.88. The second kappa shape index (κ2) is 4.93. The molecule has 0 amide bonds. The van der Waals surface area contributed by atoms with Gasteiger partial charge in [0.1, 0.15) is 5.75 Å². The standard InChI is InChI=1S/C18H12BrNO/c19-12-9-10-16-15(11-12)14-7-4-8-17(18(14)20-16)21-13-5-2-1-3-6-13/h1-11,20H.